The van der Waals surface area contributed by atoms with E-state index in [9.17, 15) is 9.59 Å². The van der Waals surface area contributed by atoms with Crippen molar-refractivity contribution in [2.75, 3.05) is 32.2 Å². The van der Waals surface area contributed by atoms with Gasteiger partial charge in [-0.15, -0.1) is 0 Å². The maximum atomic E-state index is 12.5. The van der Waals surface area contributed by atoms with E-state index in [0.717, 1.165) is 50.3 Å². The number of hydrogen-bond acceptors (Lipinski definition) is 7. The minimum Gasteiger partial charge on any atom is -0.358 e. The standard InChI is InChI=1S/C24H32N6O2/c1-25-24(32)22(5-3-14-31)30-16-20-15-19(6-7-21(20)28(30)2)18-8-12-29(13-9-18)17-23-26-10-4-11-27-23/h4,6-7,10-11,14-15,18,22H,3,5,8-9,12-13,16-17H2,1-2H3,(H,25,32). The number of likely N-dealkylation sites (N-methyl/N-ethyl adjacent to an activating group) is 1. The third-order valence-electron chi connectivity index (χ3n) is 6.68. The molecule has 1 amide bonds. The summed E-state index contributed by atoms with van der Waals surface area (Å²) in [4.78, 5) is 34.5. The number of carbonyl (C=O) groups excluding carboxylic acids is 2. The Hall–Kier alpha value is -2.84. The fourth-order valence-electron chi connectivity index (χ4n) is 4.88. The molecule has 1 saturated heterocycles. The molecule has 32 heavy (non-hydrogen) atoms. The van der Waals surface area contributed by atoms with Gasteiger partial charge in [0.2, 0.25) is 5.91 Å². The van der Waals surface area contributed by atoms with E-state index in [1.54, 1.807) is 19.4 Å². The summed E-state index contributed by atoms with van der Waals surface area (Å²) in [7, 11) is 3.64. The molecular weight excluding hydrogens is 404 g/mol. The van der Waals surface area contributed by atoms with E-state index < -0.39 is 0 Å². The summed E-state index contributed by atoms with van der Waals surface area (Å²) < 4.78 is 0. The van der Waals surface area contributed by atoms with Gasteiger partial charge in [0.05, 0.1) is 12.2 Å². The number of piperidine rings is 1. The molecule has 2 aliphatic heterocycles. The van der Waals surface area contributed by atoms with Gasteiger partial charge in [-0.2, -0.15) is 0 Å². The molecule has 4 rings (SSSR count). The molecule has 2 aromatic rings. The number of benzene rings is 1. The number of aldehydes is 1. The van der Waals surface area contributed by atoms with Crippen LogP contribution in [0.15, 0.2) is 36.7 Å². The Balaban J connectivity index is 1.41. The molecule has 170 valence electrons. The Morgan fingerprint density at radius 1 is 1.25 bits per heavy atom. The number of amides is 1. The van der Waals surface area contributed by atoms with Crippen LogP contribution in [0.25, 0.3) is 0 Å². The van der Waals surface area contributed by atoms with Crippen LogP contribution in [-0.2, 0) is 22.7 Å². The Labute approximate surface area is 189 Å². The second kappa shape index (κ2) is 10.2. The topological polar surface area (TPSA) is 81.7 Å². The molecule has 1 aromatic carbocycles. The first-order chi connectivity index (χ1) is 15.6. The lowest BCUT2D eigenvalue weighted by Gasteiger charge is -2.33. The fourth-order valence-corrected chi connectivity index (χ4v) is 4.88. The first-order valence-electron chi connectivity index (χ1n) is 11.4. The largest absolute Gasteiger partial charge is 0.358 e. The minimum absolute atomic E-state index is 0.0542. The summed E-state index contributed by atoms with van der Waals surface area (Å²) in [5.74, 6) is 1.37. The third kappa shape index (κ3) is 4.81. The number of nitrogens with one attached hydrogen (secondary N) is 1. The SMILES string of the molecule is CNC(=O)C(CCC=O)N1Cc2cc(C3CCN(Cc4ncccn4)CC3)ccc2N1C. The molecule has 0 spiro atoms. The maximum Gasteiger partial charge on any atom is 0.239 e. The molecule has 1 fully saturated rings. The number of anilines is 1. The fraction of sp³-hybridized carbons (Fsp3) is 0.500. The molecule has 1 aromatic heterocycles. The van der Waals surface area contributed by atoms with E-state index in [1.807, 2.05) is 13.1 Å². The lowest BCUT2D eigenvalue weighted by atomic mass is 9.88. The van der Waals surface area contributed by atoms with Crippen molar-refractivity contribution in [2.45, 2.75) is 50.7 Å². The van der Waals surface area contributed by atoms with Crippen LogP contribution >= 0.6 is 0 Å². The zero-order chi connectivity index (χ0) is 22.5. The lowest BCUT2D eigenvalue weighted by Crippen LogP contribution is -2.50. The Morgan fingerprint density at radius 3 is 2.69 bits per heavy atom. The van der Waals surface area contributed by atoms with Crippen LogP contribution in [0.4, 0.5) is 5.69 Å². The van der Waals surface area contributed by atoms with Crippen LogP contribution in [0.3, 0.4) is 0 Å². The van der Waals surface area contributed by atoms with E-state index in [0.29, 0.717) is 25.3 Å². The molecular formula is C24H32N6O2. The van der Waals surface area contributed by atoms with Crippen molar-refractivity contribution in [1.29, 1.82) is 0 Å². The number of fused-ring (bicyclic) bond motifs is 1. The van der Waals surface area contributed by atoms with E-state index in [4.69, 9.17) is 0 Å². The van der Waals surface area contributed by atoms with Gasteiger partial charge < -0.3 is 15.1 Å². The molecule has 8 nitrogen and oxygen atoms in total. The summed E-state index contributed by atoms with van der Waals surface area (Å²) in [6.45, 7) is 3.56. The highest BCUT2D eigenvalue weighted by atomic mass is 16.2. The molecule has 0 aliphatic carbocycles. The number of likely N-dealkylation sites (tertiary alicyclic amines) is 1. The third-order valence-corrected chi connectivity index (χ3v) is 6.68. The number of hydrogen-bond donors (Lipinski definition) is 1. The summed E-state index contributed by atoms with van der Waals surface area (Å²) in [6.07, 6.45) is 7.60. The average molecular weight is 437 g/mol. The van der Waals surface area contributed by atoms with Crippen LogP contribution in [-0.4, -0.2) is 65.3 Å². The van der Waals surface area contributed by atoms with E-state index in [1.165, 1.54) is 11.1 Å². The van der Waals surface area contributed by atoms with Crippen LogP contribution in [0.2, 0.25) is 0 Å². The molecule has 0 bridgehead atoms. The zero-order valence-corrected chi connectivity index (χ0v) is 18.9. The number of nitrogens with zero attached hydrogens (tertiary/aromatic N) is 5. The summed E-state index contributed by atoms with van der Waals surface area (Å²) in [6, 6.07) is 8.22. The summed E-state index contributed by atoms with van der Waals surface area (Å²) >= 11 is 0. The summed E-state index contributed by atoms with van der Waals surface area (Å²) in [5.41, 5.74) is 3.75. The second-order valence-electron chi connectivity index (χ2n) is 8.60. The second-order valence-corrected chi connectivity index (χ2v) is 8.60. The van der Waals surface area contributed by atoms with Gasteiger partial charge in [-0.3, -0.25) is 9.69 Å². The molecule has 3 heterocycles. The first kappa shape index (κ1) is 22.4. The van der Waals surface area contributed by atoms with Gasteiger partial charge in [0.15, 0.2) is 0 Å². The smallest absolute Gasteiger partial charge is 0.239 e. The van der Waals surface area contributed by atoms with Crippen LogP contribution in [0.1, 0.15) is 48.6 Å². The van der Waals surface area contributed by atoms with Crippen molar-refractivity contribution in [3.05, 3.63) is 53.6 Å². The van der Waals surface area contributed by atoms with Crippen LogP contribution < -0.4 is 10.3 Å². The highest BCUT2D eigenvalue weighted by Gasteiger charge is 2.34. The van der Waals surface area contributed by atoms with Gasteiger partial charge in [0.25, 0.3) is 0 Å². The molecule has 0 saturated carbocycles. The molecule has 8 heteroatoms. The molecule has 1 unspecified atom stereocenters. The normalized spacial score (nSPS) is 18.4. The predicted octanol–water partition coefficient (Wildman–Crippen LogP) is 2.12. The van der Waals surface area contributed by atoms with Crippen molar-refractivity contribution in [3.8, 4) is 0 Å². The Bertz CT molecular complexity index is 929. The van der Waals surface area contributed by atoms with Crippen molar-refractivity contribution < 1.29 is 9.59 Å². The Kier molecular flexibility index (Phi) is 7.12. The number of rotatable bonds is 8. The van der Waals surface area contributed by atoms with E-state index in [2.05, 4.69) is 48.4 Å². The van der Waals surface area contributed by atoms with Crippen molar-refractivity contribution in [2.24, 2.45) is 0 Å². The minimum atomic E-state index is -0.352. The molecule has 0 radical (unpaired) electrons. The Morgan fingerprint density at radius 2 is 2.00 bits per heavy atom. The highest BCUT2D eigenvalue weighted by Crippen LogP contribution is 2.37. The maximum absolute atomic E-state index is 12.5. The average Bonchev–Trinajstić information content (AvgIpc) is 3.15. The quantitative estimate of drug-likeness (QED) is 0.635. The molecule has 1 N–H and O–H groups in total. The van der Waals surface area contributed by atoms with Gasteiger partial charge >= 0.3 is 0 Å². The monoisotopic (exact) mass is 436 g/mol. The predicted molar refractivity (Wildman–Crippen MR) is 123 cm³/mol. The van der Waals surface area contributed by atoms with E-state index in [-0.39, 0.29) is 11.9 Å². The number of carbonyl (C=O) groups is 2. The van der Waals surface area contributed by atoms with Crippen LogP contribution in [0, 0.1) is 0 Å². The van der Waals surface area contributed by atoms with Gasteiger partial charge in [0.1, 0.15) is 18.2 Å². The number of aromatic nitrogens is 2. The van der Waals surface area contributed by atoms with Gasteiger partial charge in [-0.25, -0.2) is 15.0 Å². The number of hydrazine groups is 1. The summed E-state index contributed by atoms with van der Waals surface area (Å²) in [5, 5.41) is 6.88. The molecule has 1 atom stereocenters. The van der Waals surface area contributed by atoms with Gasteiger partial charge in [0, 0.05) is 39.5 Å². The van der Waals surface area contributed by atoms with Crippen molar-refractivity contribution in [1.82, 2.24) is 25.2 Å². The first-order valence-corrected chi connectivity index (χ1v) is 11.4. The molecule has 2 aliphatic rings. The van der Waals surface area contributed by atoms with Gasteiger partial charge in [-0.1, -0.05) is 12.1 Å². The van der Waals surface area contributed by atoms with E-state index >= 15 is 0 Å². The van der Waals surface area contributed by atoms with Crippen molar-refractivity contribution >= 4 is 17.9 Å². The van der Waals surface area contributed by atoms with Crippen molar-refractivity contribution in [3.63, 3.8) is 0 Å². The van der Waals surface area contributed by atoms with Crippen LogP contribution in [0.5, 0.6) is 0 Å². The lowest BCUT2D eigenvalue weighted by molar-refractivity contribution is -0.126. The zero-order valence-electron chi connectivity index (χ0n) is 18.9. The highest BCUT2D eigenvalue weighted by molar-refractivity contribution is 5.82. The van der Waals surface area contributed by atoms with Gasteiger partial charge in [-0.05, 0) is 61.5 Å².